The van der Waals surface area contributed by atoms with Crippen molar-refractivity contribution in [1.29, 1.82) is 0 Å². The molecule has 8 aromatic carbocycles. The highest BCUT2D eigenvalue weighted by Crippen LogP contribution is 2.47. The third-order valence-corrected chi connectivity index (χ3v) is 9.45. The van der Waals surface area contributed by atoms with Crippen LogP contribution in [0.1, 0.15) is 0 Å². The average molecular weight is 587 g/mol. The molecule has 10 aromatic rings. The van der Waals surface area contributed by atoms with Gasteiger partial charge in [0.1, 0.15) is 22.3 Å². The fourth-order valence-corrected chi connectivity index (χ4v) is 7.47. The van der Waals surface area contributed by atoms with E-state index < -0.39 is 0 Å². The van der Waals surface area contributed by atoms with E-state index in [9.17, 15) is 0 Å². The quantitative estimate of drug-likeness (QED) is 0.193. The van der Waals surface area contributed by atoms with Gasteiger partial charge in [0, 0.05) is 21.5 Å². The number of furan rings is 2. The molecule has 0 saturated heterocycles. The average Bonchev–Trinajstić information content (AvgIpc) is 3.67. The van der Waals surface area contributed by atoms with Crippen molar-refractivity contribution in [3.63, 3.8) is 0 Å². The second kappa shape index (κ2) is 9.69. The van der Waals surface area contributed by atoms with Gasteiger partial charge in [-0.3, -0.25) is 0 Å². The summed E-state index contributed by atoms with van der Waals surface area (Å²) in [5.41, 5.74) is 10.7. The first-order chi connectivity index (χ1) is 22.8. The second-order valence-electron chi connectivity index (χ2n) is 12.0. The van der Waals surface area contributed by atoms with Crippen LogP contribution in [0.25, 0.3) is 98.8 Å². The van der Waals surface area contributed by atoms with E-state index in [-0.39, 0.29) is 0 Å². The van der Waals surface area contributed by atoms with Gasteiger partial charge in [0.25, 0.3) is 0 Å². The molecule has 0 aliphatic carbocycles. The number of hydrogen-bond acceptors (Lipinski definition) is 2. The van der Waals surface area contributed by atoms with Crippen LogP contribution in [0.5, 0.6) is 0 Å². The Labute approximate surface area is 264 Å². The van der Waals surface area contributed by atoms with Crippen LogP contribution in [-0.4, -0.2) is 0 Å². The first-order valence-corrected chi connectivity index (χ1v) is 15.7. The molecule has 0 aliphatic rings. The van der Waals surface area contributed by atoms with E-state index in [1.807, 2.05) is 12.1 Å². The number of fused-ring (bicyclic) bond motifs is 8. The summed E-state index contributed by atoms with van der Waals surface area (Å²) in [6.45, 7) is 0. The Morgan fingerprint density at radius 2 is 0.804 bits per heavy atom. The molecule has 2 heterocycles. The smallest absolute Gasteiger partial charge is 0.136 e. The molecule has 214 valence electrons. The van der Waals surface area contributed by atoms with Gasteiger partial charge in [0.15, 0.2) is 0 Å². The highest BCUT2D eigenvalue weighted by atomic mass is 16.3. The molecule has 0 amide bonds. The lowest BCUT2D eigenvalue weighted by atomic mass is 9.84. The minimum absolute atomic E-state index is 0.865. The fraction of sp³-hybridized carbons (Fsp3) is 0. The molecule has 0 radical (unpaired) electrons. The monoisotopic (exact) mass is 586 g/mol. The van der Waals surface area contributed by atoms with Crippen molar-refractivity contribution in [2.45, 2.75) is 0 Å². The predicted octanol–water partition coefficient (Wildman–Crippen LogP) is 12.8. The molecule has 0 bridgehead atoms. The Morgan fingerprint density at radius 1 is 0.283 bits per heavy atom. The third-order valence-electron chi connectivity index (χ3n) is 9.45. The van der Waals surface area contributed by atoms with Crippen LogP contribution in [0.2, 0.25) is 0 Å². The Bertz CT molecular complexity index is 2740. The first kappa shape index (κ1) is 25.2. The number of rotatable bonds is 3. The highest BCUT2D eigenvalue weighted by molar-refractivity contribution is 6.26. The molecule has 2 aromatic heterocycles. The highest BCUT2D eigenvalue weighted by Gasteiger charge is 2.21. The van der Waals surface area contributed by atoms with Crippen LogP contribution < -0.4 is 0 Å². The predicted molar refractivity (Wildman–Crippen MR) is 192 cm³/mol. The minimum atomic E-state index is 0.865. The van der Waals surface area contributed by atoms with Crippen LogP contribution in [0.3, 0.4) is 0 Å². The van der Waals surface area contributed by atoms with E-state index in [2.05, 4.69) is 146 Å². The molecule has 2 heteroatoms. The summed E-state index contributed by atoms with van der Waals surface area (Å²) in [6.07, 6.45) is 0. The summed E-state index contributed by atoms with van der Waals surface area (Å²) in [5, 5.41) is 9.22. The maximum atomic E-state index is 6.57. The van der Waals surface area contributed by atoms with Gasteiger partial charge in [0.05, 0.1) is 0 Å². The molecular weight excluding hydrogens is 560 g/mol. The van der Waals surface area contributed by atoms with Gasteiger partial charge in [0.2, 0.25) is 0 Å². The van der Waals surface area contributed by atoms with E-state index in [1.165, 1.54) is 49.4 Å². The van der Waals surface area contributed by atoms with Crippen LogP contribution in [0.4, 0.5) is 0 Å². The Kier molecular flexibility index (Phi) is 5.31. The molecule has 2 nitrogen and oxygen atoms in total. The van der Waals surface area contributed by atoms with Crippen molar-refractivity contribution in [3.8, 4) is 33.4 Å². The molecule has 0 fully saturated rings. The van der Waals surface area contributed by atoms with Gasteiger partial charge in [-0.05, 0) is 85.3 Å². The molecule has 46 heavy (non-hydrogen) atoms. The maximum absolute atomic E-state index is 6.57. The molecule has 10 rings (SSSR count). The zero-order valence-corrected chi connectivity index (χ0v) is 24.8. The van der Waals surface area contributed by atoms with Gasteiger partial charge in [-0.25, -0.2) is 0 Å². The molecule has 0 aliphatic heterocycles. The fourth-order valence-electron chi connectivity index (χ4n) is 7.47. The lowest BCUT2D eigenvalue weighted by molar-refractivity contribution is 0.664. The van der Waals surface area contributed by atoms with Crippen molar-refractivity contribution >= 4 is 65.4 Å². The standard InChI is InChI=1S/C44H26O2/c1-2-12-27(13-3-1)28-14-10-15-29(24-28)42-31-17-4-6-19-33(31)43(34-20-7-5-18-32(34)42)35-21-11-23-39-44(35)37-26-40-36(25-41(37)46-39)30-16-8-9-22-38(30)45-40/h1-26H. The van der Waals surface area contributed by atoms with Crippen LogP contribution in [-0.2, 0) is 0 Å². The van der Waals surface area contributed by atoms with E-state index >= 15 is 0 Å². The zero-order valence-electron chi connectivity index (χ0n) is 24.8. The van der Waals surface area contributed by atoms with Crippen LogP contribution in [0, 0.1) is 0 Å². The first-order valence-electron chi connectivity index (χ1n) is 15.7. The molecule has 0 N–H and O–H groups in total. The number of hydrogen-bond donors (Lipinski definition) is 0. The van der Waals surface area contributed by atoms with Crippen molar-refractivity contribution < 1.29 is 8.83 Å². The zero-order chi connectivity index (χ0) is 30.2. The van der Waals surface area contributed by atoms with E-state index in [4.69, 9.17) is 8.83 Å². The lowest BCUT2D eigenvalue weighted by Gasteiger charge is -2.18. The summed E-state index contributed by atoms with van der Waals surface area (Å²) in [6, 6.07) is 56.1. The normalized spacial score (nSPS) is 11.9. The van der Waals surface area contributed by atoms with Crippen molar-refractivity contribution in [2.24, 2.45) is 0 Å². The van der Waals surface area contributed by atoms with Crippen molar-refractivity contribution in [3.05, 3.63) is 158 Å². The Balaban J connectivity index is 1.29. The molecule has 0 spiro atoms. The summed E-state index contributed by atoms with van der Waals surface area (Å²) < 4.78 is 12.9. The molecule has 0 unspecified atom stereocenters. The van der Waals surface area contributed by atoms with Crippen molar-refractivity contribution in [1.82, 2.24) is 0 Å². The van der Waals surface area contributed by atoms with Gasteiger partial charge in [-0.1, -0.05) is 127 Å². The number of para-hydroxylation sites is 1. The SMILES string of the molecule is c1ccc(-c2cccc(-c3c4ccccc4c(-c4cccc5oc6cc7c(cc6c45)oc4ccccc47)c4ccccc34)c2)cc1. The molecule has 0 atom stereocenters. The summed E-state index contributed by atoms with van der Waals surface area (Å²) in [7, 11) is 0. The van der Waals surface area contributed by atoms with E-state index in [0.29, 0.717) is 0 Å². The summed E-state index contributed by atoms with van der Waals surface area (Å²) in [4.78, 5) is 0. The van der Waals surface area contributed by atoms with Gasteiger partial charge in [-0.2, -0.15) is 0 Å². The van der Waals surface area contributed by atoms with E-state index in [1.54, 1.807) is 0 Å². The largest absolute Gasteiger partial charge is 0.456 e. The summed E-state index contributed by atoms with van der Waals surface area (Å²) >= 11 is 0. The van der Waals surface area contributed by atoms with Crippen LogP contribution >= 0.6 is 0 Å². The lowest BCUT2D eigenvalue weighted by Crippen LogP contribution is -1.91. The molecular formula is C44H26O2. The topological polar surface area (TPSA) is 26.3 Å². The van der Waals surface area contributed by atoms with E-state index in [0.717, 1.165) is 49.4 Å². The Hall–Kier alpha value is -6.12. The number of benzene rings is 8. The third kappa shape index (κ3) is 3.65. The second-order valence-corrected chi connectivity index (χ2v) is 12.0. The molecule has 0 saturated carbocycles. The summed E-state index contributed by atoms with van der Waals surface area (Å²) in [5.74, 6) is 0. The van der Waals surface area contributed by atoms with Crippen LogP contribution in [0.15, 0.2) is 167 Å². The van der Waals surface area contributed by atoms with Crippen molar-refractivity contribution in [2.75, 3.05) is 0 Å². The van der Waals surface area contributed by atoms with Gasteiger partial charge < -0.3 is 8.83 Å². The minimum Gasteiger partial charge on any atom is -0.456 e. The van der Waals surface area contributed by atoms with Gasteiger partial charge in [-0.15, -0.1) is 0 Å². The maximum Gasteiger partial charge on any atom is 0.136 e. The Morgan fingerprint density at radius 3 is 1.57 bits per heavy atom. The van der Waals surface area contributed by atoms with Gasteiger partial charge >= 0.3 is 0 Å².